The second kappa shape index (κ2) is 7.46. The molecule has 0 saturated heterocycles. The average Bonchev–Trinajstić information content (AvgIpc) is 3.42. The summed E-state index contributed by atoms with van der Waals surface area (Å²) in [7, 11) is 0. The van der Waals surface area contributed by atoms with E-state index in [-0.39, 0.29) is 35.0 Å². The Labute approximate surface area is 204 Å². The molecule has 0 fully saturated rings. The van der Waals surface area contributed by atoms with Crippen molar-refractivity contribution in [3.8, 4) is 11.5 Å². The first kappa shape index (κ1) is 20.8. The summed E-state index contributed by atoms with van der Waals surface area (Å²) in [5.41, 5.74) is 7.23. The van der Waals surface area contributed by atoms with Gasteiger partial charge in [0.1, 0.15) is 23.1 Å². The first-order valence-electron chi connectivity index (χ1n) is 11.7. The van der Waals surface area contributed by atoms with Crippen molar-refractivity contribution >= 4 is 21.8 Å². The first-order valence-corrected chi connectivity index (χ1v) is 11.7. The van der Waals surface area contributed by atoms with Crippen LogP contribution in [0.2, 0.25) is 0 Å². The van der Waals surface area contributed by atoms with Crippen LogP contribution in [0.15, 0.2) is 84.9 Å². The number of fused-ring (bicyclic) bond motifs is 6. The predicted molar refractivity (Wildman–Crippen MR) is 135 cm³/mol. The molecule has 2 aromatic heterocycles. The molecular weight excluding hydrogens is 458 g/mol. The SMILES string of the molecule is Oc1ccc2[nH]c3c(c2c1)C(c1ccc(F)cc1)c1[nH]c2ccc(O)cc2c1C3c1ccc(F)cc1. The largest absolute Gasteiger partial charge is 0.508 e. The van der Waals surface area contributed by atoms with Crippen molar-refractivity contribution in [1.82, 2.24) is 9.97 Å². The smallest absolute Gasteiger partial charge is 0.123 e. The van der Waals surface area contributed by atoms with Crippen molar-refractivity contribution in [1.29, 1.82) is 0 Å². The van der Waals surface area contributed by atoms with Gasteiger partial charge >= 0.3 is 0 Å². The minimum absolute atomic E-state index is 0.146. The second-order valence-electron chi connectivity index (χ2n) is 9.33. The van der Waals surface area contributed by atoms with Crippen LogP contribution < -0.4 is 0 Å². The van der Waals surface area contributed by atoms with Crippen molar-refractivity contribution in [3.05, 3.63) is 130 Å². The highest BCUT2D eigenvalue weighted by molar-refractivity contribution is 5.94. The second-order valence-corrected chi connectivity index (χ2v) is 9.33. The number of hydrogen-bond donors (Lipinski definition) is 4. The van der Waals surface area contributed by atoms with Gasteiger partial charge in [0.05, 0.1) is 11.8 Å². The Balaban J connectivity index is 1.63. The number of rotatable bonds is 2. The van der Waals surface area contributed by atoms with Crippen LogP contribution in [-0.4, -0.2) is 20.2 Å². The number of halogens is 2. The highest BCUT2D eigenvalue weighted by Gasteiger charge is 2.39. The molecule has 4 nitrogen and oxygen atoms in total. The highest BCUT2D eigenvalue weighted by atomic mass is 19.1. The molecule has 1 aliphatic carbocycles. The van der Waals surface area contributed by atoms with E-state index < -0.39 is 0 Å². The van der Waals surface area contributed by atoms with E-state index in [1.165, 1.54) is 24.3 Å². The molecule has 0 amide bonds. The number of aromatic hydroxyl groups is 2. The topological polar surface area (TPSA) is 72.0 Å². The normalized spacial score (nSPS) is 16.8. The molecule has 0 radical (unpaired) electrons. The van der Waals surface area contributed by atoms with E-state index in [1.807, 2.05) is 12.1 Å². The van der Waals surface area contributed by atoms with Crippen LogP contribution in [0.4, 0.5) is 8.78 Å². The fourth-order valence-corrected chi connectivity index (χ4v) is 5.79. The molecule has 0 saturated carbocycles. The summed E-state index contributed by atoms with van der Waals surface area (Å²) in [6.45, 7) is 0. The maximum atomic E-state index is 13.9. The molecule has 2 unspecified atom stereocenters. The Kier molecular flexibility index (Phi) is 4.30. The van der Waals surface area contributed by atoms with E-state index in [4.69, 9.17) is 0 Å². The zero-order valence-electron chi connectivity index (χ0n) is 18.9. The molecule has 176 valence electrons. The highest BCUT2D eigenvalue weighted by Crippen LogP contribution is 2.53. The Morgan fingerprint density at radius 2 is 0.917 bits per heavy atom. The van der Waals surface area contributed by atoms with E-state index in [0.717, 1.165) is 55.4 Å². The van der Waals surface area contributed by atoms with E-state index in [9.17, 15) is 19.0 Å². The summed E-state index contributed by atoms with van der Waals surface area (Å²) in [6, 6.07) is 23.3. The zero-order chi connectivity index (χ0) is 24.6. The molecule has 2 atom stereocenters. The Morgan fingerprint density at radius 3 is 1.31 bits per heavy atom. The van der Waals surface area contributed by atoms with Gasteiger partial charge in [-0.25, -0.2) is 8.78 Å². The van der Waals surface area contributed by atoms with Crippen LogP contribution in [0.1, 0.15) is 45.5 Å². The fraction of sp³-hybridized carbons (Fsp3) is 0.0667. The number of nitrogens with one attached hydrogen (secondary N) is 2. The third-order valence-electron chi connectivity index (χ3n) is 7.27. The minimum atomic E-state index is -0.322. The lowest BCUT2D eigenvalue weighted by atomic mass is 9.72. The number of phenols is 2. The van der Waals surface area contributed by atoms with Gasteiger partial charge in [-0.3, -0.25) is 0 Å². The van der Waals surface area contributed by atoms with Crippen LogP contribution in [0, 0.1) is 11.6 Å². The summed E-state index contributed by atoms with van der Waals surface area (Å²) in [6.07, 6.45) is 0. The van der Waals surface area contributed by atoms with Crippen LogP contribution in [0.25, 0.3) is 21.8 Å². The monoisotopic (exact) mass is 478 g/mol. The van der Waals surface area contributed by atoms with Gasteiger partial charge in [-0.1, -0.05) is 24.3 Å². The van der Waals surface area contributed by atoms with E-state index in [0.29, 0.717) is 0 Å². The fourth-order valence-electron chi connectivity index (χ4n) is 5.79. The molecule has 0 bridgehead atoms. The lowest BCUT2D eigenvalue weighted by Gasteiger charge is -2.31. The van der Waals surface area contributed by atoms with E-state index in [2.05, 4.69) is 9.97 Å². The quantitative estimate of drug-likeness (QED) is 0.216. The summed E-state index contributed by atoms with van der Waals surface area (Å²) in [5, 5.41) is 22.4. The third kappa shape index (κ3) is 2.97. The molecule has 0 aliphatic heterocycles. The predicted octanol–water partition coefficient (Wildman–Crippen LogP) is 7.01. The van der Waals surface area contributed by atoms with Gasteiger partial charge in [0.25, 0.3) is 0 Å². The molecule has 36 heavy (non-hydrogen) atoms. The van der Waals surface area contributed by atoms with E-state index >= 15 is 0 Å². The van der Waals surface area contributed by atoms with E-state index in [1.54, 1.807) is 48.5 Å². The van der Waals surface area contributed by atoms with Gasteiger partial charge in [-0.2, -0.15) is 0 Å². The van der Waals surface area contributed by atoms with Crippen molar-refractivity contribution in [2.45, 2.75) is 11.8 Å². The number of hydrogen-bond acceptors (Lipinski definition) is 2. The zero-order valence-corrected chi connectivity index (χ0v) is 18.9. The molecule has 0 spiro atoms. The lowest BCUT2D eigenvalue weighted by molar-refractivity contribution is 0.475. The molecule has 2 heterocycles. The minimum Gasteiger partial charge on any atom is -0.508 e. The Morgan fingerprint density at radius 1 is 0.528 bits per heavy atom. The average molecular weight is 478 g/mol. The van der Waals surface area contributed by atoms with Crippen molar-refractivity contribution in [2.24, 2.45) is 0 Å². The molecule has 1 aliphatic rings. The summed E-state index contributed by atoms with van der Waals surface area (Å²) in [5.74, 6) is -0.940. The van der Waals surface area contributed by atoms with Crippen LogP contribution in [-0.2, 0) is 0 Å². The van der Waals surface area contributed by atoms with Crippen molar-refractivity contribution in [3.63, 3.8) is 0 Å². The molecular formula is C30H20F2N2O2. The standard InChI is InChI=1S/C30H20F2N2O2/c31-17-5-1-15(2-6-17)25-27-21-13-19(35)9-11-23(21)34-30(27)26(16-3-7-18(32)8-4-16)28-22-14-20(36)10-12-24(22)33-29(25)28/h1-14,25-26,33-36H. The maximum absolute atomic E-state index is 13.9. The molecule has 4 aromatic carbocycles. The van der Waals surface area contributed by atoms with Gasteiger partial charge in [0, 0.05) is 33.2 Å². The number of H-pyrrole nitrogens is 2. The third-order valence-corrected chi connectivity index (χ3v) is 7.27. The van der Waals surface area contributed by atoms with Gasteiger partial charge < -0.3 is 20.2 Å². The lowest BCUT2D eigenvalue weighted by Crippen LogP contribution is -2.19. The molecule has 4 N–H and O–H groups in total. The summed E-state index contributed by atoms with van der Waals surface area (Å²) >= 11 is 0. The Bertz CT molecular complexity index is 1650. The number of benzene rings is 4. The molecule has 6 aromatic rings. The molecule has 7 rings (SSSR count). The van der Waals surface area contributed by atoms with Gasteiger partial charge in [0.15, 0.2) is 0 Å². The van der Waals surface area contributed by atoms with Crippen LogP contribution in [0.3, 0.4) is 0 Å². The Hall–Kier alpha value is -4.58. The van der Waals surface area contributed by atoms with Gasteiger partial charge in [0.2, 0.25) is 0 Å². The number of phenolic OH excluding ortho intramolecular Hbond substituents is 2. The number of aromatic nitrogens is 2. The maximum Gasteiger partial charge on any atom is 0.123 e. The van der Waals surface area contributed by atoms with Crippen molar-refractivity contribution < 1.29 is 19.0 Å². The summed E-state index contributed by atoms with van der Waals surface area (Å²) in [4.78, 5) is 7.14. The summed E-state index contributed by atoms with van der Waals surface area (Å²) < 4.78 is 27.8. The first-order chi connectivity index (χ1) is 17.5. The van der Waals surface area contributed by atoms with Crippen molar-refractivity contribution in [2.75, 3.05) is 0 Å². The molecule has 6 heteroatoms. The van der Waals surface area contributed by atoms with Gasteiger partial charge in [-0.05, 0) is 82.9 Å². The van der Waals surface area contributed by atoms with Gasteiger partial charge in [-0.15, -0.1) is 0 Å². The number of aromatic amines is 2. The van der Waals surface area contributed by atoms with Crippen LogP contribution >= 0.6 is 0 Å². The van der Waals surface area contributed by atoms with Crippen LogP contribution in [0.5, 0.6) is 11.5 Å².